The van der Waals surface area contributed by atoms with E-state index in [1.807, 2.05) is 37.3 Å². The first-order chi connectivity index (χ1) is 15.4. The quantitative estimate of drug-likeness (QED) is 0.462. The van der Waals surface area contributed by atoms with Crippen molar-refractivity contribution in [2.24, 2.45) is 0 Å². The Bertz CT molecular complexity index is 1120. The number of aryl methyl sites for hydroxylation is 3. The van der Waals surface area contributed by atoms with Crippen LogP contribution in [0.1, 0.15) is 53.8 Å². The first-order valence-corrected chi connectivity index (χ1v) is 11.2. The molecule has 0 aliphatic heterocycles. The van der Waals surface area contributed by atoms with E-state index in [0.29, 0.717) is 18.9 Å². The third-order valence-electron chi connectivity index (χ3n) is 6.08. The van der Waals surface area contributed by atoms with E-state index in [1.54, 1.807) is 0 Å². The summed E-state index contributed by atoms with van der Waals surface area (Å²) in [6, 6.07) is 12.2. The van der Waals surface area contributed by atoms with Crippen molar-refractivity contribution in [3.8, 4) is 17.2 Å². The number of ether oxygens (including phenoxy) is 1. The van der Waals surface area contributed by atoms with Crippen LogP contribution < -0.4 is 10.1 Å². The number of hydrogen-bond acceptors (Lipinski definition) is 5. The van der Waals surface area contributed by atoms with Gasteiger partial charge in [-0.05, 0) is 86.6 Å². The van der Waals surface area contributed by atoms with Crippen molar-refractivity contribution in [2.75, 3.05) is 18.5 Å². The average molecular weight is 435 g/mol. The fourth-order valence-electron chi connectivity index (χ4n) is 4.45. The molecule has 2 N–H and O–H groups in total. The smallest absolute Gasteiger partial charge is 0.303 e. The van der Waals surface area contributed by atoms with Gasteiger partial charge in [-0.25, -0.2) is 4.98 Å². The van der Waals surface area contributed by atoms with Crippen molar-refractivity contribution >= 4 is 11.7 Å². The Balaban J connectivity index is 1.38. The number of nitrogens with zero attached hydrogens (tertiary/aromatic N) is 1. The van der Waals surface area contributed by atoms with Gasteiger partial charge < -0.3 is 19.6 Å². The highest BCUT2D eigenvalue weighted by Crippen LogP contribution is 2.37. The second-order valence-corrected chi connectivity index (χ2v) is 8.37. The second kappa shape index (κ2) is 9.47. The van der Waals surface area contributed by atoms with E-state index in [4.69, 9.17) is 19.2 Å². The van der Waals surface area contributed by atoms with Crippen LogP contribution in [-0.2, 0) is 17.6 Å². The van der Waals surface area contributed by atoms with Crippen molar-refractivity contribution in [2.45, 2.75) is 52.4 Å². The number of hydrogen-bond donors (Lipinski definition) is 2. The van der Waals surface area contributed by atoms with Crippen molar-refractivity contribution in [3.63, 3.8) is 0 Å². The number of fused-ring (bicyclic) bond motifs is 1. The highest BCUT2D eigenvalue weighted by Gasteiger charge is 2.25. The molecule has 0 spiro atoms. The Hall–Kier alpha value is -3.28. The summed E-state index contributed by atoms with van der Waals surface area (Å²) in [5.74, 6) is 1.64. The molecule has 1 aliphatic carbocycles. The molecule has 0 saturated carbocycles. The second-order valence-electron chi connectivity index (χ2n) is 8.37. The van der Waals surface area contributed by atoms with Crippen molar-refractivity contribution in [3.05, 3.63) is 64.5 Å². The van der Waals surface area contributed by atoms with Gasteiger partial charge in [0.1, 0.15) is 11.5 Å². The van der Waals surface area contributed by atoms with Gasteiger partial charge in [0.25, 0.3) is 0 Å². The zero-order valence-electron chi connectivity index (χ0n) is 18.9. The monoisotopic (exact) mass is 434 g/mol. The molecule has 0 amide bonds. The molecule has 3 aromatic rings. The number of nitrogens with one attached hydrogen (secondary N) is 1. The summed E-state index contributed by atoms with van der Waals surface area (Å²) in [5.41, 5.74) is 6.45. The van der Waals surface area contributed by atoms with Gasteiger partial charge in [-0.1, -0.05) is 6.07 Å². The van der Waals surface area contributed by atoms with Gasteiger partial charge in [0.15, 0.2) is 0 Å². The Kier molecular flexibility index (Phi) is 6.49. The molecule has 168 valence electrons. The number of anilines is 1. The van der Waals surface area contributed by atoms with Crippen LogP contribution in [0.25, 0.3) is 11.5 Å². The average Bonchev–Trinajstić information content (AvgIpc) is 3.31. The summed E-state index contributed by atoms with van der Waals surface area (Å²) in [5, 5.41) is 12.4. The van der Waals surface area contributed by atoms with Crippen LogP contribution in [0, 0.1) is 13.8 Å². The summed E-state index contributed by atoms with van der Waals surface area (Å²) in [6.45, 7) is 7.46. The molecular weight excluding hydrogens is 404 g/mol. The van der Waals surface area contributed by atoms with Gasteiger partial charge in [-0.15, -0.1) is 0 Å². The molecule has 6 heteroatoms. The number of oxazole rings is 1. The van der Waals surface area contributed by atoms with Gasteiger partial charge in [0.2, 0.25) is 5.89 Å². The Morgan fingerprint density at radius 1 is 1.25 bits per heavy atom. The minimum atomic E-state index is -0.741. The van der Waals surface area contributed by atoms with Gasteiger partial charge in [0, 0.05) is 24.2 Å². The van der Waals surface area contributed by atoms with E-state index in [1.165, 1.54) is 5.56 Å². The third kappa shape index (κ3) is 4.79. The molecule has 6 nitrogen and oxygen atoms in total. The Labute approximate surface area is 188 Å². The van der Waals surface area contributed by atoms with E-state index >= 15 is 0 Å². The van der Waals surface area contributed by atoms with Crippen LogP contribution >= 0.6 is 0 Å². The first-order valence-electron chi connectivity index (χ1n) is 11.2. The molecular formula is C26H30N2O4. The topological polar surface area (TPSA) is 84.6 Å². The standard InChI is InChI=1S/C26H30N2O4/c1-4-27-20-7-9-22(16(2)13-20)26-28-24(17(3)32-26)11-12-31-21-8-10-23-18(14-21)5-6-19(23)15-25(29)30/h7-10,13-14,19,27H,4-6,11-12,15H2,1-3H3,(H,29,30)/t19-/m0/s1. The van der Waals surface area contributed by atoms with E-state index in [-0.39, 0.29) is 12.3 Å². The maximum Gasteiger partial charge on any atom is 0.303 e. The Morgan fingerprint density at radius 2 is 2.09 bits per heavy atom. The molecule has 0 bridgehead atoms. The largest absolute Gasteiger partial charge is 0.493 e. The number of carboxylic acids is 1. The molecule has 1 aliphatic rings. The summed E-state index contributed by atoms with van der Waals surface area (Å²) < 4.78 is 11.9. The fourth-order valence-corrected chi connectivity index (χ4v) is 4.45. The van der Waals surface area contributed by atoms with Crippen LogP contribution in [-0.4, -0.2) is 29.2 Å². The number of aromatic nitrogens is 1. The van der Waals surface area contributed by atoms with Crippen LogP contribution in [0.4, 0.5) is 5.69 Å². The van der Waals surface area contributed by atoms with Gasteiger partial charge >= 0.3 is 5.97 Å². The molecule has 32 heavy (non-hydrogen) atoms. The van der Waals surface area contributed by atoms with Crippen molar-refractivity contribution in [1.29, 1.82) is 0 Å². The summed E-state index contributed by atoms with van der Waals surface area (Å²) in [4.78, 5) is 15.8. The molecule has 1 heterocycles. The van der Waals surface area contributed by atoms with Crippen molar-refractivity contribution < 1.29 is 19.1 Å². The van der Waals surface area contributed by atoms with E-state index in [9.17, 15) is 4.79 Å². The molecule has 4 rings (SSSR count). The lowest BCUT2D eigenvalue weighted by atomic mass is 9.98. The van der Waals surface area contributed by atoms with E-state index < -0.39 is 5.97 Å². The predicted molar refractivity (Wildman–Crippen MR) is 125 cm³/mol. The van der Waals surface area contributed by atoms with Crippen LogP contribution in [0.15, 0.2) is 40.8 Å². The minimum Gasteiger partial charge on any atom is -0.493 e. The molecule has 2 aromatic carbocycles. The van der Waals surface area contributed by atoms with Gasteiger partial charge in [0.05, 0.1) is 18.7 Å². The number of carbonyl (C=O) groups is 1. The van der Waals surface area contributed by atoms with Crippen LogP contribution in [0.5, 0.6) is 5.75 Å². The molecule has 0 unspecified atom stereocenters. The zero-order chi connectivity index (χ0) is 22.7. The number of aliphatic carboxylic acids is 1. The van der Waals surface area contributed by atoms with E-state index in [2.05, 4.69) is 25.2 Å². The molecule has 0 radical (unpaired) electrons. The predicted octanol–water partition coefficient (Wildman–Crippen LogP) is 5.52. The normalized spacial score (nSPS) is 14.9. The van der Waals surface area contributed by atoms with Crippen LogP contribution in [0.2, 0.25) is 0 Å². The number of benzene rings is 2. The molecule has 1 atom stereocenters. The lowest BCUT2D eigenvalue weighted by Crippen LogP contribution is -2.04. The molecule has 0 fully saturated rings. The summed E-state index contributed by atoms with van der Waals surface area (Å²) >= 11 is 0. The minimum absolute atomic E-state index is 0.114. The maximum atomic E-state index is 11.0. The zero-order valence-corrected chi connectivity index (χ0v) is 18.9. The lowest BCUT2D eigenvalue weighted by Gasteiger charge is -2.10. The first kappa shape index (κ1) is 21.9. The molecule has 0 saturated heterocycles. The highest BCUT2D eigenvalue weighted by molar-refractivity contribution is 5.68. The summed E-state index contributed by atoms with van der Waals surface area (Å²) in [7, 11) is 0. The number of rotatable bonds is 9. The fraction of sp³-hybridized carbons (Fsp3) is 0.385. The highest BCUT2D eigenvalue weighted by atomic mass is 16.5. The van der Waals surface area contributed by atoms with Crippen molar-refractivity contribution in [1.82, 2.24) is 4.98 Å². The maximum absolute atomic E-state index is 11.0. The summed E-state index contributed by atoms with van der Waals surface area (Å²) in [6.07, 6.45) is 2.64. The SMILES string of the molecule is CCNc1ccc(-c2nc(CCOc3ccc4c(c3)CC[C@H]4CC(=O)O)c(C)o2)c(C)c1. The van der Waals surface area contributed by atoms with Crippen LogP contribution in [0.3, 0.4) is 0 Å². The van der Waals surface area contributed by atoms with Gasteiger partial charge in [-0.3, -0.25) is 4.79 Å². The van der Waals surface area contributed by atoms with E-state index in [0.717, 1.165) is 59.0 Å². The Morgan fingerprint density at radius 3 is 2.84 bits per heavy atom. The number of carboxylic acid groups (broad SMARTS) is 1. The molecule has 1 aromatic heterocycles. The lowest BCUT2D eigenvalue weighted by molar-refractivity contribution is -0.137. The third-order valence-corrected chi connectivity index (χ3v) is 6.08. The van der Waals surface area contributed by atoms with Gasteiger partial charge in [-0.2, -0.15) is 0 Å².